The summed E-state index contributed by atoms with van der Waals surface area (Å²) in [5.74, 6) is 2.72. The van der Waals surface area contributed by atoms with E-state index in [-0.39, 0.29) is 6.10 Å². The second-order valence-corrected chi connectivity index (χ2v) is 6.65. The molecule has 30 heavy (non-hydrogen) atoms. The number of aliphatic imine (C=N–C) groups is 1. The average molecular weight is 416 g/mol. The van der Waals surface area contributed by atoms with Crippen molar-refractivity contribution in [3.8, 4) is 17.2 Å². The molecule has 2 aromatic rings. The van der Waals surface area contributed by atoms with Crippen molar-refractivity contribution in [1.82, 2.24) is 10.6 Å². The number of guanidine groups is 1. The van der Waals surface area contributed by atoms with Gasteiger partial charge in [-0.15, -0.1) is 0 Å². The summed E-state index contributed by atoms with van der Waals surface area (Å²) < 4.78 is 22.1. The van der Waals surface area contributed by atoms with Gasteiger partial charge in [-0.2, -0.15) is 0 Å². The van der Waals surface area contributed by atoms with Crippen molar-refractivity contribution in [2.45, 2.75) is 26.0 Å². The number of ether oxygens (including phenoxy) is 4. The van der Waals surface area contributed by atoms with Crippen LogP contribution in [-0.4, -0.2) is 47.5 Å². The number of nitrogens with zero attached hydrogens (tertiary/aromatic N) is 1. The van der Waals surface area contributed by atoms with Crippen LogP contribution in [0.1, 0.15) is 30.6 Å². The van der Waals surface area contributed by atoms with E-state index in [9.17, 15) is 0 Å². The van der Waals surface area contributed by atoms with Crippen molar-refractivity contribution in [2.75, 3.05) is 41.5 Å². The molecule has 0 radical (unpaired) electrons. The first kappa shape index (κ1) is 23.3. The number of nitrogens with one attached hydrogen (secondary N) is 2. The summed E-state index contributed by atoms with van der Waals surface area (Å²) in [6.07, 6.45) is 0.957. The van der Waals surface area contributed by atoms with Crippen LogP contribution in [0.4, 0.5) is 0 Å². The number of benzene rings is 2. The van der Waals surface area contributed by atoms with Gasteiger partial charge < -0.3 is 29.6 Å². The fraction of sp³-hybridized carbons (Fsp3) is 0.435. The Morgan fingerprint density at radius 2 is 1.60 bits per heavy atom. The van der Waals surface area contributed by atoms with E-state index in [1.165, 1.54) is 5.56 Å². The Morgan fingerprint density at radius 3 is 2.23 bits per heavy atom. The Kier molecular flexibility index (Phi) is 9.80. The standard InChI is InChI=1S/C23H33N3O4/c1-17(18-10-7-6-8-11-18)30-13-9-12-25-23(24-2)26-16-19-14-21(28-4)22(29-5)15-20(19)27-3/h6-8,10-11,14-15,17H,9,12-13,16H2,1-5H3,(H2,24,25,26). The van der Waals surface area contributed by atoms with Crippen LogP contribution in [0.3, 0.4) is 0 Å². The Bertz CT molecular complexity index is 797. The van der Waals surface area contributed by atoms with Crippen LogP contribution < -0.4 is 24.8 Å². The molecule has 0 aliphatic carbocycles. The van der Waals surface area contributed by atoms with E-state index >= 15 is 0 Å². The molecule has 1 atom stereocenters. The Labute approximate surface area is 179 Å². The van der Waals surface area contributed by atoms with E-state index in [0.717, 1.165) is 24.3 Å². The van der Waals surface area contributed by atoms with Gasteiger partial charge in [-0.05, 0) is 25.0 Å². The van der Waals surface area contributed by atoms with Crippen molar-refractivity contribution in [2.24, 2.45) is 4.99 Å². The predicted molar refractivity (Wildman–Crippen MR) is 120 cm³/mol. The lowest BCUT2D eigenvalue weighted by molar-refractivity contribution is 0.0646. The number of hydrogen-bond donors (Lipinski definition) is 2. The fourth-order valence-corrected chi connectivity index (χ4v) is 2.99. The molecule has 2 rings (SSSR count). The van der Waals surface area contributed by atoms with Crippen LogP contribution >= 0.6 is 0 Å². The third kappa shape index (κ3) is 6.84. The Morgan fingerprint density at radius 1 is 0.933 bits per heavy atom. The zero-order valence-corrected chi connectivity index (χ0v) is 18.5. The molecule has 0 spiro atoms. The van der Waals surface area contributed by atoms with Gasteiger partial charge in [0.25, 0.3) is 0 Å². The molecule has 0 fully saturated rings. The van der Waals surface area contributed by atoms with Crippen molar-refractivity contribution in [3.63, 3.8) is 0 Å². The molecular weight excluding hydrogens is 382 g/mol. The Balaban J connectivity index is 1.78. The summed E-state index contributed by atoms with van der Waals surface area (Å²) in [5.41, 5.74) is 2.13. The number of rotatable bonds is 11. The summed E-state index contributed by atoms with van der Waals surface area (Å²) in [5, 5.41) is 6.60. The zero-order valence-electron chi connectivity index (χ0n) is 18.5. The van der Waals surface area contributed by atoms with Gasteiger partial charge >= 0.3 is 0 Å². The van der Waals surface area contributed by atoms with Crippen molar-refractivity contribution in [1.29, 1.82) is 0 Å². The zero-order chi connectivity index (χ0) is 21.8. The van der Waals surface area contributed by atoms with Crippen LogP contribution in [0.5, 0.6) is 17.2 Å². The summed E-state index contributed by atoms with van der Waals surface area (Å²) in [6.45, 7) is 4.03. The molecule has 0 aliphatic heterocycles. The molecule has 2 N–H and O–H groups in total. The molecule has 0 aliphatic rings. The largest absolute Gasteiger partial charge is 0.496 e. The third-order valence-corrected chi connectivity index (χ3v) is 4.71. The quantitative estimate of drug-likeness (QED) is 0.332. The minimum absolute atomic E-state index is 0.0844. The van der Waals surface area contributed by atoms with Gasteiger partial charge in [-0.1, -0.05) is 30.3 Å². The molecular formula is C23H33N3O4. The monoisotopic (exact) mass is 415 g/mol. The minimum Gasteiger partial charge on any atom is -0.496 e. The van der Waals surface area contributed by atoms with Gasteiger partial charge in [0.2, 0.25) is 0 Å². The van der Waals surface area contributed by atoms with E-state index in [2.05, 4.69) is 34.7 Å². The molecule has 0 amide bonds. The maximum absolute atomic E-state index is 5.91. The van der Waals surface area contributed by atoms with E-state index in [0.29, 0.717) is 30.6 Å². The van der Waals surface area contributed by atoms with Crippen LogP contribution in [-0.2, 0) is 11.3 Å². The summed E-state index contributed by atoms with van der Waals surface area (Å²) >= 11 is 0. The van der Waals surface area contributed by atoms with E-state index in [1.54, 1.807) is 28.4 Å². The summed E-state index contributed by atoms with van der Waals surface area (Å²) in [7, 11) is 6.59. The molecule has 7 heteroatoms. The molecule has 0 bridgehead atoms. The number of hydrogen-bond acceptors (Lipinski definition) is 5. The van der Waals surface area contributed by atoms with Crippen LogP contribution in [0, 0.1) is 0 Å². The first-order valence-corrected chi connectivity index (χ1v) is 10.0. The fourth-order valence-electron chi connectivity index (χ4n) is 2.99. The smallest absolute Gasteiger partial charge is 0.191 e. The highest BCUT2D eigenvalue weighted by atomic mass is 16.5. The molecule has 7 nitrogen and oxygen atoms in total. The normalized spacial score (nSPS) is 12.2. The third-order valence-electron chi connectivity index (χ3n) is 4.71. The minimum atomic E-state index is 0.0844. The summed E-state index contributed by atoms with van der Waals surface area (Å²) in [6, 6.07) is 13.9. The lowest BCUT2D eigenvalue weighted by atomic mass is 10.1. The Hall–Kier alpha value is -2.93. The van der Waals surface area contributed by atoms with Crippen molar-refractivity contribution in [3.05, 3.63) is 53.6 Å². The van der Waals surface area contributed by atoms with Crippen LogP contribution in [0.25, 0.3) is 0 Å². The van der Waals surface area contributed by atoms with Gasteiger partial charge in [0.05, 0.1) is 27.4 Å². The first-order chi connectivity index (χ1) is 14.6. The van der Waals surface area contributed by atoms with Crippen molar-refractivity contribution >= 4 is 5.96 Å². The molecule has 0 aromatic heterocycles. The van der Waals surface area contributed by atoms with Gasteiger partial charge in [0.15, 0.2) is 17.5 Å². The van der Waals surface area contributed by atoms with E-state index in [1.807, 2.05) is 30.3 Å². The van der Waals surface area contributed by atoms with Gasteiger partial charge in [-0.3, -0.25) is 4.99 Å². The highest BCUT2D eigenvalue weighted by Gasteiger charge is 2.12. The molecule has 164 valence electrons. The lowest BCUT2D eigenvalue weighted by Gasteiger charge is -2.17. The highest BCUT2D eigenvalue weighted by molar-refractivity contribution is 5.79. The SMILES string of the molecule is CN=C(NCCCOC(C)c1ccccc1)NCc1cc(OC)c(OC)cc1OC. The first-order valence-electron chi connectivity index (χ1n) is 10.0. The molecule has 0 saturated heterocycles. The van der Waals surface area contributed by atoms with Gasteiger partial charge in [0, 0.05) is 38.4 Å². The predicted octanol–water partition coefficient (Wildman–Crippen LogP) is 3.55. The lowest BCUT2D eigenvalue weighted by Crippen LogP contribution is -2.37. The summed E-state index contributed by atoms with van der Waals surface area (Å²) in [4.78, 5) is 4.27. The van der Waals surface area contributed by atoms with E-state index < -0.39 is 0 Å². The second-order valence-electron chi connectivity index (χ2n) is 6.65. The van der Waals surface area contributed by atoms with Crippen molar-refractivity contribution < 1.29 is 18.9 Å². The molecule has 2 aromatic carbocycles. The topological polar surface area (TPSA) is 73.3 Å². The number of methoxy groups -OCH3 is 3. The second kappa shape index (κ2) is 12.6. The van der Waals surface area contributed by atoms with Gasteiger partial charge in [0.1, 0.15) is 5.75 Å². The molecule has 0 saturated carbocycles. The maximum atomic E-state index is 5.91. The average Bonchev–Trinajstić information content (AvgIpc) is 2.80. The van der Waals surface area contributed by atoms with Crippen LogP contribution in [0.2, 0.25) is 0 Å². The van der Waals surface area contributed by atoms with E-state index in [4.69, 9.17) is 18.9 Å². The maximum Gasteiger partial charge on any atom is 0.191 e. The molecule has 0 heterocycles. The van der Waals surface area contributed by atoms with Crippen LogP contribution in [0.15, 0.2) is 47.5 Å². The van der Waals surface area contributed by atoms with Gasteiger partial charge in [-0.25, -0.2) is 0 Å². The molecule has 1 unspecified atom stereocenters. The highest BCUT2D eigenvalue weighted by Crippen LogP contribution is 2.34.